The van der Waals surface area contributed by atoms with Gasteiger partial charge in [0.05, 0.1) is 6.61 Å². The molecule has 0 amide bonds. The molecule has 0 aliphatic heterocycles. The third-order valence-electron chi connectivity index (χ3n) is 3.93. The third kappa shape index (κ3) is 2.72. The van der Waals surface area contributed by atoms with Crippen LogP contribution >= 0.6 is 0 Å². The van der Waals surface area contributed by atoms with E-state index in [1.54, 1.807) is 0 Å². The molecular formula is C14H20O10. The van der Waals surface area contributed by atoms with Crippen molar-refractivity contribution in [3.05, 3.63) is 0 Å². The van der Waals surface area contributed by atoms with E-state index in [4.69, 9.17) is 5.11 Å². The molecule has 4 atom stereocenters. The van der Waals surface area contributed by atoms with Gasteiger partial charge in [-0.15, -0.1) is 0 Å². The van der Waals surface area contributed by atoms with Gasteiger partial charge < -0.3 is 25.5 Å². The van der Waals surface area contributed by atoms with E-state index < -0.39 is 58.4 Å². The molecule has 0 rings (SSSR count). The van der Waals surface area contributed by atoms with Crippen LogP contribution in [0.15, 0.2) is 0 Å². The van der Waals surface area contributed by atoms with Crippen molar-refractivity contribution in [2.45, 2.75) is 50.6 Å². The molecule has 0 fully saturated rings. The smallest absolute Gasteiger partial charge is 0.240 e. The lowest BCUT2D eigenvalue weighted by Gasteiger charge is -2.48. The summed E-state index contributed by atoms with van der Waals surface area (Å²) in [6, 6.07) is 0. The Morgan fingerprint density at radius 3 is 1.46 bits per heavy atom. The van der Waals surface area contributed by atoms with Crippen molar-refractivity contribution >= 4 is 28.9 Å². The lowest BCUT2D eigenvalue weighted by atomic mass is 9.61. The summed E-state index contributed by atoms with van der Waals surface area (Å²) in [5.74, 6) is -8.28. The molecule has 0 bridgehead atoms. The Bertz CT molecular complexity index is 596. The van der Waals surface area contributed by atoms with E-state index >= 15 is 0 Å². The second kappa shape index (κ2) is 6.95. The number of hydrogen-bond donors (Lipinski definition) is 5. The van der Waals surface area contributed by atoms with Gasteiger partial charge in [-0.05, 0) is 20.8 Å². The molecule has 136 valence electrons. The van der Waals surface area contributed by atoms with E-state index in [-0.39, 0.29) is 0 Å². The minimum Gasteiger partial charge on any atom is -0.394 e. The van der Waals surface area contributed by atoms with Crippen LogP contribution < -0.4 is 0 Å². The monoisotopic (exact) mass is 348 g/mol. The van der Waals surface area contributed by atoms with Crippen LogP contribution in [0, 0.1) is 0 Å². The summed E-state index contributed by atoms with van der Waals surface area (Å²) in [6.45, 7) is 0.853. The van der Waals surface area contributed by atoms with Crippen molar-refractivity contribution in [3.63, 3.8) is 0 Å². The molecule has 24 heavy (non-hydrogen) atoms. The van der Waals surface area contributed by atoms with E-state index in [9.17, 15) is 44.4 Å². The first-order chi connectivity index (χ1) is 10.7. The van der Waals surface area contributed by atoms with E-state index in [1.165, 1.54) is 0 Å². The van der Waals surface area contributed by atoms with Gasteiger partial charge in [-0.3, -0.25) is 24.0 Å². The Morgan fingerprint density at radius 2 is 1.25 bits per heavy atom. The van der Waals surface area contributed by atoms with Gasteiger partial charge in [-0.2, -0.15) is 0 Å². The zero-order valence-electron chi connectivity index (χ0n) is 13.6. The van der Waals surface area contributed by atoms with E-state index in [0.29, 0.717) is 27.7 Å². The standard InChI is InChI=1S/C14H20O10/c1-6(16)11(21)13(23,8(3)18)14(24,9(4)19)12(22,7(2)17)10(20)5-15/h10,15,20,22-24H,5H2,1-4H3/t10-,12-,13+,14+/m0/s1. The Hall–Kier alpha value is -1.85. The quantitative estimate of drug-likeness (QED) is 0.206. The number of carbonyl (C=O) groups is 5. The van der Waals surface area contributed by atoms with Crippen molar-refractivity contribution in [2.24, 2.45) is 0 Å². The lowest BCUT2D eigenvalue weighted by Crippen LogP contribution is -2.81. The minimum atomic E-state index is -3.93. The number of hydrogen-bond acceptors (Lipinski definition) is 10. The Kier molecular flexibility index (Phi) is 6.41. The molecule has 10 heteroatoms. The van der Waals surface area contributed by atoms with E-state index in [0.717, 1.165) is 0 Å². The van der Waals surface area contributed by atoms with Gasteiger partial charge in [0, 0.05) is 6.92 Å². The maximum atomic E-state index is 12.0. The zero-order chi connectivity index (χ0) is 19.7. The van der Waals surface area contributed by atoms with Crippen LogP contribution in [0.1, 0.15) is 27.7 Å². The van der Waals surface area contributed by atoms with Gasteiger partial charge in [-0.1, -0.05) is 0 Å². The number of ketones is 5. The molecule has 0 saturated carbocycles. The molecule has 10 nitrogen and oxygen atoms in total. The molecule has 0 spiro atoms. The van der Waals surface area contributed by atoms with Crippen molar-refractivity contribution < 1.29 is 49.5 Å². The second-order valence-electron chi connectivity index (χ2n) is 5.44. The molecule has 0 aliphatic rings. The third-order valence-corrected chi connectivity index (χ3v) is 3.93. The van der Waals surface area contributed by atoms with Gasteiger partial charge in [0.2, 0.25) is 17.0 Å². The van der Waals surface area contributed by atoms with Gasteiger partial charge in [0.15, 0.2) is 28.7 Å². The van der Waals surface area contributed by atoms with Gasteiger partial charge in [0.25, 0.3) is 0 Å². The predicted octanol–water partition coefficient (Wildman–Crippen LogP) is -3.54. The summed E-state index contributed by atoms with van der Waals surface area (Å²) in [7, 11) is 0. The molecule has 0 saturated heterocycles. The Balaban J connectivity index is 7.11. The summed E-state index contributed by atoms with van der Waals surface area (Å²) in [5.41, 5.74) is -11.4. The molecule has 0 heterocycles. The largest absolute Gasteiger partial charge is 0.394 e. The minimum absolute atomic E-state index is 0.513. The Morgan fingerprint density at radius 1 is 0.833 bits per heavy atom. The summed E-state index contributed by atoms with van der Waals surface area (Å²) in [4.78, 5) is 59.0. The van der Waals surface area contributed by atoms with Crippen LogP contribution in [-0.2, 0) is 24.0 Å². The average Bonchev–Trinajstić information content (AvgIpc) is 2.49. The molecular weight excluding hydrogens is 328 g/mol. The summed E-state index contributed by atoms with van der Waals surface area (Å²) < 4.78 is 0. The number of carbonyl (C=O) groups excluding carboxylic acids is 5. The van der Waals surface area contributed by atoms with Crippen molar-refractivity contribution in [1.82, 2.24) is 0 Å². The van der Waals surface area contributed by atoms with Crippen LogP contribution in [0.4, 0.5) is 0 Å². The van der Waals surface area contributed by atoms with E-state index in [2.05, 4.69) is 0 Å². The first-order valence-corrected chi connectivity index (χ1v) is 6.71. The fourth-order valence-corrected chi connectivity index (χ4v) is 2.50. The van der Waals surface area contributed by atoms with Crippen molar-refractivity contribution in [1.29, 1.82) is 0 Å². The normalized spacial score (nSPS) is 20.0. The highest BCUT2D eigenvalue weighted by Crippen LogP contribution is 2.39. The van der Waals surface area contributed by atoms with Crippen LogP contribution in [0.2, 0.25) is 0 Å². The fourth-order valence-electron chi connectivity index (χ4n) is 2.50. The number of Topliss-reactive ketones (excluding diaryl/α,β-unsaturated/α-hetero) is 5. The van der Waals surface area contributed by atoms with Crippen molar-refractivity contribution in [2.75, 3.05) is 6.61 Å². The molecule has 0 radical (unpaired) electrons. The average molecular weight is 348 g/mol. The SMILES string of the molecule is CC(=O)C(=O)[C@](O)(C(C)=O)[C@@](O)(C(C)=O)[C@](O)(C(C)=O)[C@@H](O)CO. The number of aliphatic hydroxyl groups is 5. The summed E-state index contributed by atoms with van der Waals surface area (Å²) in [6.07, 6.45) is -2.56. The maximum absolute atomic E-state index is 12.0. The first kappa shape index (κ1) is 22.1. The maximum Gasteiger partial charge on any atom is 0.240 e. The molecule has 0 aromatic carbocycles. The zero-order valence-corrected chi connectivity index (χ0v) is 13.6. The highest BCUT2D eigenvalue weighted by atomic mass is 16.4. The summed E-state index contributed by atoms with van der Waals surface area (Å²) in [5, 5.41) is 50.3. The molecule has 0 aliphatic carbocycles. The highest BCUT2D eigenvalue weighted by molar-refractivity contribution is 6.45. The van der Waals surface area contributed by atoms with Crippen LogP contribution in [0.25, 0.3) is 0 Å². The summed E-state index contributed by atoms with van der Waals surface area (Å²) >= 11 is 0. The van der Waals surface area contributed by atoms with Crippen LogP contribution in [0.3, 0.4) is 0 Å². The van der Waals surface area contributed by atoms with Crippen LogP contribution in [0.5, 0.6) is 0 Å². The predicted molar refractivity (Wildman–Crippen MR) is 75.7 cm³/mol. The van der Waals surface area contributed by atoms with Crippen LogP contribution in [-0.4, -0.2) is 84.0 Å². The molecule has 0 unspecified atom stereocenters. The molecule has 0 aromatic rings. The van der Waals surface area contributed by atoms with Gasteiger partial charge in [0.1, 0.15) is 6.10 Å². The van der Waals surface area contributed by atoms with E-state index in [1.807, 2.05) is 0 Å². The lowest BCUT2D eigenvalue weighted by molar-refractivity contribution is -0.246. The second-order valence-corrected chi connectivity index (χ2v) is 5.44. The van der Waals surface area contributed by atoms with Gasteiger partial charge in [-0.25, -0.2) is 0 Å². The Labute approximate surface area is 136 Å². The molecule has 0 aromatic heterocycles. The number of aliphatic hydroxyl groups excluding tert-OH is 2. The first-order valence-electron chi connectivity index (χ1n) is 6.71. The topological polar surface area (TPSA) is 186 Å². The number of rotatable bonds is 9. The highest BCUT2D eigenvalue weighted by Gasteiger charge is 2.74. The van der Waals surface area contributed by atoms with Crippen molar-refractivity contribution in [3.8, 4) is 0 Å². The van der Waals surface area contributed by atoms with Gasteiger partial charge >= 0.3 is 0 Å². The molecule has 5 N–H and O–H groups in total. The fraction of sp³-hybridized carbons (Fsp3) is 0.643.